The summed E-state index contributed by atoms with van der Waals surface area (Å²) in [6, 6.07) is 15.9. The van der Waals surface area contributed by atoms with E-state index in [2.05, 4.69) is 10.3 Å². The quantitative estimate of drug-likeness (QED) is 0.297. The van der Waals surface area contributed by atoms with Gasteiger partial charge in [0.2, 0.25) is 0 Å². The van der Waals surface area contributed by atoms with Gasteiger partial charge in [0.05, 0.1) is 5.69 Å². The number of nitrogens with zero attached hydrogens (tertiary/aromatic N) is 1. The number of hydrogen-bond donors (Lipinski definition) is 3. The maximum atomic E-state index is 12.6. The van der Waals surface area contributed by atoms with Crippen molar-refractivity contribution in [1.29, 1.82) is 0 Å². The Morgan fingerprint density at radius 1 is 1.10 bits per heavy atom. The molecule has 1 aromatic heterocycles. The molecule has 8 heteroatoms. The molecule has 0 aliphatic heterocycles. The molecule has 2 aromatic carbocycles. The molecule has 2 amide bonds. The van der Waals surface area contributed by atoms with Gasteiger partial charge in [-0.25, -0.2) is 10.5 Å². The second kappa shape index (κ2) is 9.81. The third kappa shape index (κ3) is 5.40. The number of aromatic nitrogens is 1. The smallest absolute Gasteiger partial charge is 0.283 e. The Morgan fingerprint density at radius 3 is 2.48 bits per heavy atom. The van der Waals surface area contributed by atoms with Crippen molar-refractivity contribution in [2.75, 3.05) is 0 Å². The predicted octanol–water partition coefficient (Wildman–Crippen LogP) is 3.86. The molecule has 1 unspecified atom stereocenters. The van der Waals surface area contributed by atoms with Crippen LogP contribution in [0.1, 0.15) is 39.9 Å². The molecule has 0 bridgehead atoms. The van der Waals surface area contributed by atoms with E-state index in [0.29, 0.717) is 22.7 Å². The van der Waals surface area contributed by atoms with E-state index >= 15 is 0 Å². The van der Waals surface area contributed by atoms with Crippen molar-refractivity contribution in [3.05, 3.63) is 70.5 Å². The Bertz CT molecular complexity index is 958. The summed E-state index contributed by atoms with van der Waals surface area (Å²) in [5.41, 5.74) is 3.59. The van der Waals surface area contributed by atoms with Crippen molar-refractivity contribution in [3.8, 4) is 17.0 Å². The zero-order valence-electron chi connectivity index (χ0n) is 15.8. The van der Waals surface area contributed by atoms with Gasteiger partial charge < -0.3 is 10.1 Å². The third-order valence-electron chi connectivity index (χ3n) is 4.11. The monoisotopic (exact) mass is 411 g/mol. The number of carbonyl (C=O) groups is 2. The number of hydroxylamine groups is 1. The number of benzene rings is 2. The predicted molar refractivity (Wildman–Crippen MR) is 110 cm³/mol. The number of carbonyl (C=O) groups excluding carboxylic acids is 2. The highest BCUT2D eigenvalue weighted by molar-refractivity contribution is 7.12. The van der Waals surface area contributed by atoms with Gasteiger partial charge in [-0.3, -0.25) is 14.8 Å². The summed E-state index contributed by atoms with van der Waals surface area (Å²) in [5, 5.41) is 13.8. The first kappa shape index (κ1) is 20.5. The zero-order chi connectivity index (χ0) is 20.6. The minimum absolute atomic E-state index is 0.298. The van der Waals surface area contributed by atoms with Gasteiger partial charge in [0, 0.05) is 22.9 Å². The van der Waals surface area contributed by atoms with Crippen LogP contribution in [-0.2, 0) is 0 Å². The van der Waals surface area contributed by atoms with E-state index in [4.69, 9.17) is 9.94 Å². The Labute approximate surface area is 172 Å². The van der Waals surface area contributed by atoms with Crippen LogP contribution in [0.15, 0.2) is 60.0 Å². The van der Waals surface area contributed by atoms with E-state index in [1.54, 1.807) is 17.6 Å². The van der Waals surface area contributed by atoms with Gasteiger partial charge in [-0.1, -0.05) is 43.7 Å². The summed E-state index contributed by atoms with van der Waals surface area (Å²) in [4.78, 5) is 28.4. The average Bonchev–Trinajstić information content (AvgIpc) is 3.25. The topological polar surface area (TPSA) is 101 Å². The highest BCUT2D eigenvalue weighted by Gasteiger charge is 2.18. The van der Waals surface area contributed by atoms with Crippen molar-refractivity contribution < 1.29 is 19.5 Å². The summed E-state index contributed by atoms with van der Waals surface area (Å²) in [5.74, 6) is -0.401. The molecule has 3 N–H and O–H groups in total. The van der Waals surface area contributed by atoms with Crippen LogP contribution in [0, 0.1) is 0 Å². The number of amides is 2. The van der Waals surface area contributed by atoms with E-state index in [1.807, 2.05) is 42.6 Å². The van der Waals surface area contributed by atoms with Crippen LogP contribution < -0.4 is 15.5 Å². The van der Waals surface area contributed by atoms with Crippen LogP contribution >= 0.6 is 11.3 Å². The Kier molecular flexibility index (Phi) is 6.94. The third-order valence-corrected chi connectivity index (χ3v) is 4.95. The van der Waals surface area contributed by atoms with Crippen molar-refractivity contribution >= 4 is 23.2 Å². The Morgan fingerprint density at radius 2 is 1.83 bits per heavy atom. The van der Waals surface area contributed by atoms with Crippen LogP contribution in [0.2, 0.25) is 0 Å². The first-order chi connectivity index (χ1) is 14.1. The lowest BCUT2D eigenvalue weighted by molar-refractivity contribution is 0.0706. The van der Waals surface area contributed by atoms with Crippen LogP contribution in [-0.4, -0.2) is 28.2 Å². The van der Waals surface area contributed by atoms with E-state index in [-0.39, 0.29) is 5.91 Å². The molecule has 1 heterocycles. The van der Waals surface area contributed by atoms with Gasteiger partial charge in [0.15, 0.2) is 11.2 Å². The molecule has 3 aromatic rings. The number of nitrogens with one attached hydrogen (secondary N) is 2. The van der Waals surface area contributed by atoms with E-state index < -0.39 is 12.1 Å². The van der Waals surface area contributed by atoms with Crippen molar-refractivity contribution in [2.45, 2.75) is 26.0 Å². The Hall–Kier alpha value is -3.23. The fourth-order valence-electron chi connectivity index (χ4n) is 2.66. The van der Waals surface area contributed by atoms with E-state index in [9.17, 15) is 9.59 Å². The number of rotatable bonds is 8. The molecule has 3 rings (SSSR count). The molecule has 0 radical (unpaired) electrons. The lowest BCUT2D eigenvalue weighted by atomic mass is 10.2. The van der Waals surface area contributed by atoms with Crippen molar-refractivity contribution in [1.82, 2.24) is 15.8 Å². The van der Waals surface area contributed by atoms with Gasteiger partial charge in [-0.15, -0.1) is 11.3 Å². The maximum absolute atomic E-state index is 12.6. The van der Waals surface area contributed by atoms with Crippen molar-refractivity contribution in [2.24, 2.45) is 0 Å². The van der Waals surface area contributed by atoms with Gasteiger partial charge in [-0.2, -0.15) is 0 Å². The molecule has 0 aliphatic carbocycles. The summed E-state index contributed by atoms with van der Waals surface area (Å²) in [6.07, 6.45) is 0.888. The standard InChI is InChI=1S/C21H21N3O4S/c1-2-6-18(28-16-11-9-15(10-12-16)19(25)24-27)23-20(26)21-22-17(13-29-21)14-7-4-3-5-8-14/h3-5,7-13,18,27H,2,6H2,1H3,(H,23,26)(H,24,25). The molecule has 0 aliphatic rings. The normalized spacial score (nSPS) is 11.5. The van der Waals surface area contributed by atoms with Crippen LogP contribution in [0.25, 0.3) is 11.3 Å². The number of thiazole rings is 1. The molecule has 0 spiro atoms. The fourth-order valence-corrected chi connectivity index (χ4v) is 3.39. The fraction of sp³-hybridized carbons (Fsp3) is 0.190. The lowest BCUT2D eigenvalue weighted by Gasteiger charge is -2.19. The molecule has 7 nitrogen and oxygen atoms in total. The molecule has 0 saturated carbocycles. The largest absolute Gasteiger partial charge is 0.471 e. The molecule has 0 fully saturated rings. The van der Waals surface area contributed by atoms with Gasteiger partial charge >= 0.3 is 0 Å². The van der Waals surface area contributed by atoms with Gasteiger partial charge in [0.1, 0.15) is 5.75 Å². The lowest BCUT2D eigenvalue weighted by Crippen LogP contribution is -2.39. The van der Waals surface area contributed by atoms with Crippen LogP contribution in [0.5, 0.6) is 5.75 Å². The summed E-state index contributed by atoms with van der Waals surface area (Å²) >= 11 is 1.28. The highest BCUT2D eigenvalue weighted by atomic mass is 32.1. The second-order valence-electron chi connectivity index (χ2n) is 6.24. The zero-order valence-corrected chi connectivity index (χ0v) is 16.6. The minimum Gasteiger partial charge on any atom is -0.471 e. The van der Waals surface area contributed by atoms with Gasteiger partial charge in [-0.05, 0) is 24.3 Å². The molecule has 0 saturated heterocycles. The summed E-state index contributed by atoms with van der Waals surface area (Å²) < 4.78 is 5.86. The highest BCUT2D eigenvalue weighted by Crippen LogP contribution is 2.22. The number of ether oxygens (including phenoxy) is 1. The summed E-state index contributed by atoms with van der Waals surface area (Å²) in [7, 11) is 0. The van der Waals surface area contributed by atoms with Gasteiger partial charge in [0.25, 0.3) is 11.8 Å². The number of hydrogen-bond acceptors (Lipinski definition) is 6. The van der Waals surface area contributed by atoms with E-state index in [0.717, 1.165) is 17.7 Å². The van der Waals surface area contributed by atoms with Crippen LogP contribution in [0.3, 0.4) is 0 Å². The molecule has 29 heavy (non-hydrogen) atoms. The SMILES string of the molecule is CCCC(NC(=O)c1nc(-c2ccccc2)cs1)Oc1ccc(C(=O)NO)cc1. The molecule has 1 atom stereocenters. The molecule has 150 valence electrons. The average molecular weight is 411 g/mol. The van der Waals surface area contributed by atoms with Crippen molar-refractivity contribution in [3.63, 3.8) is 0 Å². The van der Waals surface area contributed by atoms with Crippen LogP contribution in [0.4, 0.5) is 0 Å². The summed E-state index contributed by atoms with van der Waals surface area (Å²) in [6.45, 7) is 1.99. The molecular weight excluding hydrogens is 390 g/mol. The molecular formula is C21H21N3O4S. The Balaban J connectivity index is 1.66. The minimum atomic E-state index is -0.604. The first-order valence-corrected chi connectivity index (χ1v) is 10.0. The second-order valence-corrected chi connectivity index (χ2v) is 7.10. The first-order valence-electron chi connectivity index (χ1n) is 9.13. The maximum Gasteiger partial charge on any atom is 0.283 e. The van der Waals surface area contributed by atoms with E-state index in [1.165, 1.54) is 23.5 Å².